The van der Waals surface area contributed by atoms with Crippen LogP contribution in [0.2, 0.25) is 0 Å². The second kappa shape index (κ2) is 5.94. The van der Waals surface area contributed by atoms with Crippen LogP contribution in [0.4, 0.5) is 0 Å². The minimum atomic E-state index is -0.223. The highest BCUT2D eigenvalue weighted by molar-refractivity contribution is 5.15. The molecule has 0 aromatic heterocycles. The molecule has 0 spiro atoms. The second-order valence-electron chi connectivity index (χ2n) is 9.13. The quantitative estimate of drug-likeness (QED) is 0.751. The van der Waals surface area contributed by atoms with Crippen LogP contribution in [0.5, 0.6) is 0 Å². The van der Waals surface area contributed by atoms with E-state index < -0.39 is 0 Å². The van der Waals surface area contributed by atoms with Crippen molar-refractivity contribution in [2.24, 2.45) is 28.6 Å². The molecule has 0 saturated heterocycles. The number of rotatable bonds is 2. The van der Waals surface area contributed by atoms with Crippen LogP contribution in [0, 0.1) is 28.6 Å². The van der Waals surface area contributed by atoms with Crippen LogP contribution in [0.25, 0.3) is 0 Å². The highest BCUT2D eigenvalue weighted by Gasteiger charge is 2.55. The van der Waals surface area contributed by atoms with Crippen LogP contribution in [0.1, 0.15) is 65.7 Å². The van der Waals surface area contributed by atoms with E-state index in [2.05, 4.69) is 32.2 Å². The number of likely N-dealkylation sites (N-methyl/N-ethyl adjacent to an activating group) is 1. The number of aliphatic hydroxyl groups is 1. The molecule has 2 fully saturated rings. The molecular formula is C20H35NO. The highest BCUT2D eigenvalue weighted by atomic mass is 16.3. The molecule has 3 aliphatic rings. The topological polar surface area (TPSA) is 32.3 Å². The van der Waals surface area contributed by atoms with Gasteiger partial charge >= 0.3 is 0 Å². The normalized spacial score (nSPS) is 44.5. The lowest BCUT2D eigenvalue weighted by molar-refractivity contribution is -0.115. The molecule has 22 heavy (non-hydrogen) atoms. The number of fused-ring (bicyclic) bond motifs is 3. The van der Waals surface area contributed by atoms with Crippen LogP contribution in [-0.2, 0) is 0 Å². The zero-order valence-corrected chi connectivity index (χ0v) is 15.0. The predicted octanol–water partition coefficient (Wildman–Crippen LogP) is 4.15. The average Bonchev–Trinajstić information content (AvgIpc) is 2.59. The average molecular weight is 306 g/mol. The molecule has 0 aliphatic heterocycles. The molecule has 0 aromatic rings. The molecule has 0 bridgehead atoms. The van der Waals surface area contributed by atoms with E-state index in [9.17, 15) is 5.11 Å². The zero-order chi connectivity index (χ0) is 16.0. The monoisotopic (exact) mass is 305 g/mol. The van der Waals surface area contributed by atoms with Gasteiger partial charge in [-0.2, -0.15) is 0 Å². The summed E-state index contributed by atoms with van der Waals surface area (Å²) in [6.45, 7) is 8.48. The summed E-state index contributed by atoms with van der Waals surface area (Å²) >= 11 is 0. The van der Waals surface area contributed by atoms with E-state index in [-0.39, 0.29) is 6.10 Å². The van der Waals surface area contributed by atoms with Gasteiger partial charge in [-0.15, -0.1) is 0 Å². The van der Waals surface area contributed by atoms with E-state index in [0.717, 1.165) is 12.5 Å². The zero-order valence-electron chi connectivity index (χ0n) is 15.0. The molecule has 0 heterocycles. The van der Waals surface area contributed by atoms with Gasteiger partial charge in [-0.1, -0.05) is 38.8 Å². The van der Waals surface area contributed by atoms with E-state index in [1.165, 1.54) is 50.5 Å². The van der Waals surface area contributed by atoms with Crippen LogP contribution in [0.15, 0.2) is 11.6 Å². The van der Waals surface area contributed by atoms with Crippen molar-refractivity contribution in [3.8, 4) is 0 Å². The van der Waals surface area contributed by atoms with E-state index in [0.29, 0.717) is 22.7 Å². The van der Waals surface area contributed by atoms with Gasteiger partial charge in [0.1, 0.15) is 0 Å². The Morgan fingerprint density at radius 1 is 1.18 bits per heavy atom. The Labute approximate surface area is 136 Å². The molecular weight excluding hydrogens is 270 g/mol. The fraction of sp³-hybridized carbons (Fsp3) is 0.900. The van der Waals surface area contributed by atoms with Crippen molar-refractivity contribution in [1.82, 2.24) is 5.32 Å². The first-order valence-corrected chi connectivity index (χ1v) is 9.41. The summed E-state index contributed by atoms with van der Waals surface area (Å²) in [5, 5.41) is 14.1. The Balaban J connectivity index is 1.88. The summed E-state index contributed by atoms with van der Waals surface area (Å²) < 4.78 is 0. The third-order valence-electron chi connectivity index (χ3n) is 7.45. The smallest absolute Gasteiger partial charge is 0.0755 e. The van der Waals surface area contributed by atoms with Crippen molar-refractivity contribution in [3.05, 3.63) is 11.6 Å². The molecule has 0 aromatic carbocycles. The SMILES string of the molecule is CNCC1=CC(O)C2CCC3C(C)(C)CCCC3(C)C2CC1. The lowest BCUT2D eigenvalue weighted by Gasteiger charge is -2.60. The molecule has 2 nitrogen and oxygen atoms in total. The Morgan fingerprint density at radius 3 is 2.68 bits per heavy atom. The Bertz CT molecular complexity index is 441. The summed E-state index contributed by atoms with van der Waals surface area (Å²) in [5.41, 5.74) is 2.34. The molecule has 5 atom stereocenters. The lowest BCUT2D eigenvalue weighted by atomic mass is 9.45. The van der Waals surface area contributed by atoms with Crippen molar-refractivity contribution in [2.45, 2.75) is 71.8 Å². The van der Waals surface area contributed by atoms with Gasteiger partial charge in [0.05, 0.1) is 6.10 Å². The largest absolute Gasteiger partial charge is 0.389 e. The number of nitrogens with one attached hydrogen (secondary N) is 1. The van der Waals surface area contributed by atoms with Gasteiger partial charge in [-0.05, 0) is 74.2 Å². The summed E-state index contributed by atoms with van der Waals surface area (Å²) in [6.07, 6.45) is 11.1. The molecule has 2 heteroatoms. The summed E-state index contributed by atoms with van der Waals surface area (Å²) in [7, 11) is 2.01. The third kappa shape index (κ3) is 2.67. The summed E-state index contributed by atoms with van der Waals surface area (Å²) in [6, 6.07) is 0. The second-order valence-corrected chi connectivity index (χ2v) is 9.13. The Hall–Kier alpha value is -0.340. The first kappa shape index (κ1) is 16.5. The van der Waals surface area contributed by atoms with Gasteiger partial charge < -0.3 is 10.4 Å². The highest BCUT2D eigenvalue weighted by Crippen LogP contribution is 2.63. The molecule has 5 unspecified atom stereocenters. The van der Waals surface area contributed by atoms with Gasteiger partial charge in [-0.25, -0.2) is 0 Å². The van der Waals surface area contributed by atoms with E-state index in [4.69, 9.17) is 0 Å². The van der Waals surface area contributed by atoms with Crippen LogP contribution in [-0.4, -0.2) is 24.8 Å². The molecule has 2 N–H and O–H groups in total. The van der Waals surface area contributed by atoms with Crippen LogP contribution >= 0.6 is 0 Å². The minimum Gasteiger partial charge on any atom is -0.389 e. The fourth-order valence-electron chi connectivity index (χ4n) is 6.50. The van der Waals surface area contributed by atoms with Crippen LogP contribution in [0.3, 0.4) is 0 Å². The summed E-state index contributed by atoms with van der Waals surface area (Å²) in [4.78, 5) is 0. The maximum absolute atomic E-state index is 10.8. The molecule has 0 radical (unpaired) electrons. The third-order valence-corrected chi connectivity index (χ3v) is 7.45. The minimum absolute atomic E-state index is 0.223. The van der Waals surface area contributed by atoms with Crippen LogP contribution < -0.4 is 5.32 Å². The van der Waals surface area contributed by atoms with Gasteiger partial charge in [-0.3, -0.25) is 0 Å². The summed E-state index contributed by atoms with van der Waals surface area (Å²) in [5.74, 6) is 2.03. The van der Waals surface area contributed by atoms with Gasteiger partial charge in [0.15, 0.2) is 0 Å². The van der Waals surface area contributed by atoms with E-state index >= 15 is 0 Å². The van der Waals surface area contributed by atoms with Gasteiger partial charge in [0.25, 0.3) is 0 Å². The molecule has 2 saturated carbocycles. The molecule has 3 aliphatic carbocycles. The first-order chi connectivity index (χ1) is 10.4. The number of hydrogen-bond acceptors (Lipinski definition) is 2. The predicted molar refractivity (Wildman–Crippen MR) is 92.7 cm³/mol. The van der Waals surface area contributed by atoms with Crippen molar-refractivity contribution in [1.29, 1.82) is 0 Å². The number of aliphatic hydroxyl groups excluding tert-OH is 1. The van der Waals surface area contributed by atoms with Crippen molar-refractivity contribution >= 4 is 0 Å². The standard InChI is InChI=1S/C20H35NO/c1-19(2)10-5-11-20(3)16-8-6-14(13-21-4)12-17(22)15(16)7-9-18(19)20/h12,15-18,21-22H,5-11,13H2,1-4H3. The lowest BCUT2D eigenvalue weighted by Crippen LogP contribution is -2.53. The number of hydrogen-bond donors (Lipinski definition) is 2. The maximum atomic E-state index is 10.8. The Kier molecular flexibility index (Phi) is 4.46. The van der Waals surface area contributed by atoms with Crippen molar-refractivity contribution in [3.63, 3.8) is 0 Å². The van der Waals surface area contributed by atoms with Gasteiger partial charge in [0, 0.05) is 6.54 Å². The van der Waals surface area contributed by atoms with Crippen molar-refractivity contribution < 1.29 is 5.11 Å². The van der Waals surface area contributed by atoms with Gasteiger partial charge in [0.2, 0.25) is 0 Å². The fourth-order valence-corrected chi connectivity index (χ4v) is 6.50. The molecule has 126 valence electrons. The van der Waals surface area contributed by atoms with E-state index in [1.54, 1.807) is 0 Å². The van der Waals surface area contributed by atoms with Crippen molar-refractivity contribution in [2.75, 3.05) is 13.6 Å². The molecule has 0 amide bonds. The maximum Gasteiger partial charge on any atom is 0.0755 e. The van der Waals surface area contributed by atoms with E-state index in [1.807, 2.05) is 7.05 Å². The Morgan fingerprint density at radius 2 is 1.95 bits per heavy atom. The first-order valence-electron chi connectivity index (χ1n) is 9.41. The molecule has 3 rings (SSSR count).